The molecule has 0 saturated carbocycles. The quantitative estimate of drug-likeness (QED) is 0.538. The van der Waals surface area contributed by atoms with Crippen molar-refractivity contribution in [2.24, 2.45) is 0 Å². The minimum Gasteiger partial charge on any atom is -0.507 e. The van der Waals surface area contributed by atoms with Gasteiger partial charge in [-0.2, -0.15) is 0 Å². The Kier molecular flexibility index (Phi) is 7.12. The van der Waals surface area contributed by atoms with E-state index in [4.69, 9.17) is 0 Å². The van der Waals surface area contributed by atoms with Crippen molar-refractivity contribution in [3.63, 3.8) is 0 Å². The zero-order valence-electron chi connectivity index (χ0n) is 18.5. The first-order valence-corrected chi connectivity index (χ1v) is 11.0. The fraction of sp³-hybridized carbons (Fsp3) is 0.522. The van der Waals surface area contributed by atoms with Crippen LogP contribution in [0.4, 0.5) is 0 Å². The molecule has 1 aliphatic heterocycles. The van der Waals surface area contributed by atoms with Crippen LogP contribution in [-0.2, 0) is 17.4 Å². The molecule has 5 nitrogen and oxygen atoms in total. The summed E-state index contributed by atoms with van der Waals surface area (Å²) in [6.45, 7) is 14.9. The molecule has 4 N–H and O–H groups in total. The second-order valence-electron chi connectivity index (χ2n) is 9.62. The van der Waals surface area contributed by atoms with Gasteiger partial charge in [0.2, 0.25) is 0 Å². The number of hydrogen-bond acceptors (Lipinski definition) is 4. The Labute approximate surface area is 178 Å². The summed E-state index contributed by atoms with van der Waals surface area (Å²) in [6, 6.07) is 4.35. The van der Waals surface area contributed by atoms with Crippen LogP contribution in [0.25, 0.3) is 6.08 Å². The average Bonchev–Trinajstić information content (AvgIpc) is 3.05. The maximum Gasteiger partial charge on any atom is 0.123 e. The van der Waals surface area contributed by atoms with E-state index in [2.05, 4.69) is 80.8 Å². The Hall–Kier alpha value is -1.92. The van der Waals surface area contributed by atoms with E-state index in [0.717, 1.165) is 47.8 Å². The van der Waals surface area contributed by atoms with Crippen LogP contribution in [0.1, 0.15) is 70.5 Å². The van der Waals surface area contributed by atoms with Crippen LogP contribution in [0.3, 0.4) is 0 Å². The van der Waals surface area contributed by atoms with Crippen molar-refractivity contribution in [2.75, 3.05) is 12.3 Å². The van der Waals surface area contributed by atoms with Gasteiger partial charge < -0.3 is 20.5 Å². The zero-order valence-corrected chi connectivity index (χ0v) is 19.3. The van der Waals surface area contributed by atoms with Crippen molar-refractivity contribution in [2.45, 2.75) is 70.2 Å². The number of H-pyrrole nitrogens is 1. The molecule has 1 aromatic heterocycles. The summed E-state index contributed by atoms with van der Waals surface area (Å²) in [5.41, 5.74) is 4.15. The van der Waals surface area contributed by atoms with E-state index in [1.807, 2.05) is 11.8 Å². The standard InChI is InChI=1S/C23H33N3OS.H2O/c1-22(2,3)17-12-16(13-18(21(17)27)23(4,5)6)28-11-7-9-26-10-8-19-20(14-26)25-15-24-19;/h8,10,12-13,15,27H,7,9,11,14H2,1-6H3,(H,24,25);1H2. The van der Waals surface area contributed by atoms with E-state index in [9.17, 15) is 5.11 Å². The fourth-order valence-electron chi connectivity index (χ4n) is 3.47. The maximum absolute atomic E-state index is 10.9. The van der Waals surface area contributed by atoms with Gasteiger partial charge in [0.15, 0.2) is 0 Å². The molecule has 0 saturated heterocycles. The lowest BCUT2D eigenvalue weighted by Crippen LogP contribution is -2.21. The van der Waals surface area contributed by atoms with E-state index in [1.165, 1.54) is 4.90 Å². The Morgan fingerprint density at radius 3 is 2.31 bits per heavy atom. The number of rotatable bonds is 5. The third-order valence-electron chi connectivity index (χ3n) is 5.11. The van der Waals surface area contributed by atoms with Gasteiger partial charge in [-0.1, -0.05) is 41.5 Å². The first-order valence-electron chi connectivity index (χ1n) is 10.0. The summed E-state index contributed by atoms with van der Waals surface area (Å²) in [5, 5.41) is 10.9. The number of phenolic OH excluding ortho intramolecular Hbond substituents is 1. The highest BCUT2D eigenvalue weighted by Crippen LogP contribution is 2.41. The number of fused-ring (bicyclic) bond motifs is 1. The molecule has 6 heteroatoms. The van der Waals surface area contributed by atoms with Gasteiger partial charge in [-0.3, -0.25) is 0 Å². The summed E-state index contributed by atoms with van der Waals surface area (Å²) < 4.78 is 0. The Morgan fingerprint density at radius 2 is 1.72 bits per heavy atom. The molecular formula is C23H35N3O2S. The zero-order chi connectivity index (χ0) is 20.5. The number of nitrogens with zero attached hydrogens (tertiary/aromatic N) is 2. The van der Waals surface area contributed by atoms with Crippen molar-refractivity contribution >= 4 is 17.8 Å². The van der Waals surface area contributed by atoms with Crippen LogP contribution < -0.4 is 0 Å². The van der Waals surface area contributed by atoms with Crippen molar-refractivity contribution in [3.8, 4) is 5.75 Å². The first-order chi connectivity index (χ1) is 13.1. The Bertz CT molecular complexity index is 825. The number of imidazole rings is 1. The van der Waals surface area contributed by atoms with E-state index in [0.29, 0.717) is 5.75 Å². The van der Waals surface area contributed by atoms with E-state index in [1.54, 1.807) is 6.33 Å². The predicted octanol–water partition coefficient (Wildman–Crippen LogP) is 4.85. The lowest BCUT2D eigenvalue weighted by Gasteiger charge is -2.28. The number of aromatic amines is 1. The van der Waals surface area contributed by atoms with E-state index < -0.39 is 0 Å². The first kappa shape index (κ1) is 23.4. The number of thioether (sulfide) groups is 1. The van der Waals surface area contributed by atoms with Crippen LogP contribution in [0.15, 0.2) is 29.6 Å². The number of nitrogens with one attached hydrogen (secondary N) is 1. The van der Waals surface area contributed by atoms with Crippen LogP contribution in [-0.4, -0.2) is 37.7 Å². The number of aromatic hydroxyl groups is 1. The summed E-state index contributed by atoms with van der Waals surface area (Å²) in [4.78, 5) is 11.1. The lowest BCUT2D eigenvalue weighted by atomic mass is 9.79. The van der Waals surface area contributed by atoms with Gasteiger partial charge in [0.1, 0.15) is 5.75 Å². The minimum absolute atomic E-state index is 0. The molecule has 0 unspecified atom stereocenters. The summed E-state index contributed by atoms with van der Waals surface area (Å²) in [6.07, 6.45) is 7.12. The highest BCUT2D eigenvalue weighted by molar-refractivity contribution is 7.99. The van der Waals surface area contributed by atoms with Crippen molar-refractivity contribution in [1.82, 2.24) is 14.9 Å². The third kappa shape index (κ3) is 5.58. The molecular weight excluding hydrogens is 382 g/mol. The molecule has 2 aromatic rings. The van der Waals surface area contributed by atoms with Gasteiger partial charge in [-0.05, 0) is 41.2 Å². The maximum atomic E-state index is 10.9. The van der Waals surface area contributed by atoms with Crippen LogP contribution in [0.2, 0.25) is 0 Å². The summed E-state index contributed by atoms with van der Waals surface area (Å²) in [5.74, 6) is 1.51. The second-order valence-corrected chi connectivity index (χ2v) is 10.8. The SMILES string of the molecule is CC(C)(C)c1cc(SCCCN2C=Cc3[nH]cnc3C2)cc(C(C)(C)C)c1O.O. The molecule has 0 amide bonds. The van der Waals surface area contributed by atoms with Gasteiger partial charge in [0, 0.05) is 28.8 Å². The average molecular weight is 418 g/mol. The van der Waals surface area contributed by atoms with Gasteiger partial charge in [0.05, 0.1) is 24.3 Å². The Morgan fingerprint density at radius 1 is 1.10 bits per heavy atom. The van der Waals surface area contributed by atoms with Crippen LogP contribution in [0, 0.1) is 0 Å². The molecule has 0 radical (unpaired) electrons. The van der Waals surface area contributed by atoms with Gasteiger partial charge in [0.25, 0.3) is 0 Å². The molecule has 0 aliphatic carbocycles. The van der Waals surface area contributed by atoms with Crippen molar-refractivity contribution < 1.29 is 10.6 Å². The number of benzene rings is 1. The lowest BCUT2D eigenvalue weighted by molar-refractivity contribution is 0.364. The van der Waals surface area contributed by atoms with Crippen molar-refractivity contribution in [1.29, 1.82) is 0 Å². The van der Waals surface area contributed by atoms with Gasteiger partial charge in [-0.25, -0.2) is 4.98 Å². The fourth-order valence-corrected chi connectivity index (χ4v) is 4.39. The smallest absolute Gasteiger partial charge is 0.123 e. The number of aromatic nitrogens is 2. The van der Waals surface area contributed by atoms with Gasteiger partial charge in [-0.15, -0.1) is 11.8 Å². The molecule has 3 rings (SSSR count). The Balaban J connectivity index is 0.00000300. The van der Waals surface area contributed by atoms with E-state index in [-0.39, 0.29) is 16.3 Å². The molecule has 160 valence electrons. The summed E-state index contributed by atoms with van der Waals surface area (Å²) >= 11 is 1.88. The molecule has 1 aromatic carbocycles. The topological polar surface area (TPSA) is 83.7 Å². The molecule has 0 spiro atoms. The normalized spacial score (nSPS) is 13.9. The van der Waals surface area contributed by atoms with E-state index >= 15 is 0 Å². The molecule has 2 heterocycles. The number of hydrogen-bond donors (Lipinski definition) is 2. The highest BCUT2D eigenvalue weighted by atomic mass is 32.2. The monoisotopic (exact) mass is 417 g/mol. The van der Waals surface area contributed by atoms with Gasteiger partial charge >= 0.3 is 0 Å². The highest BCUT2D eigenvalue weighted by Gasteiger charge is 2.26. The summed E-state index contributed by atoms with van der Waals surface area (Å²) in [7, 11) is 0. The molecule has 29 heavy (non-hydrogen) atoms. The second kappa shape index (κ2) is 8.84. The minimum atomic E-state index is -0.0828. The molecule has 0 fully saturated rings. The molecule has 0 atom stereocenters. The third-order valence-corrected chi connectivity index (χ3v) is 6.18. The molecule has 1 aliphatic rings. The van der Waals surface area contributed by atoms with Crippen LogP contribution in [0.5, 0.6) is 5.75 Å². The predicted molar refractivity (Wildman–Crippen MR) is 122 cm³/mol. The largest absolute Gasteiger partial charge is 0.507 e. The van der Waals surface area contributed by atoms with Crippen LogP contribution >= 0.6 is 11.8 Å². The molecule has 0 bridgehead atoms. The number of phenols is 1. The van der Waals surface area contributed by atoms with Crippen molar-refractivity contribution in [3.05, 3.63) is 47.2 Å².